The summed E-state index contributed by atoms with van der Waals surface area (Å²) < 4.78 is 15.6. The lowest BCUT2D eigenvalue weighted by Gasteiger charge is -2.15. The minimum absolute atomic E-state index is 0.146. The highest BCUT2D eigenvalue weighted by Gasteiger charge is 2.24. The highest BCUT2D eigenvalue weighted by molar-refractivity contribution is 6.04. The van der Waals surface area contributed by atoms with Crippen molar-refractivity contribution >= 4 is 22.7 Å². The Labute approximate surface area is 156 Å². The zero-order chi connectivity index (χ0) is 19.1. The van der Waals surface area contributed by atoms with E-state index in [4.69, 9.17) is 0 Å². The molecule has 0 spiro atoms. The Hall–Kier alpha value is -3.15. The largest absolute Gasteiger partial charge is 0.350 e. The summed E-state index contributed by atoms with van der Waals surface area (Å²) in [6.07, 6.45) is 2.55. The Morgan fingerprint density at radius 3 is 2.96 bits per heavy atom. The zero-order valence-corrected chi connectivity index (χ0v) is 15.2. The molecule has 0 bridgehead atoms. The molecular weight excluding hydrogens is 345 g/mol. The molecule has 138 valence electrons. The number of nitrogens with zero attached hydrogens (tertiary/aromatic N) is 1. The number of aryl methyl sites for hydroxylation is 1. The van der Waals surface area contributed by atoms with Crippen molar-refractivity contribution in [2.45, 2.75) is 25.9 Å². The van der Waals surface area contributed by atoms with Gasteiger partial charge in [-0.1, -0.05) is 6.07 Å². The highest BCUT2D eigenvalue weighted by atomic mass is 19.1. The molecule has 0 fully saturated rings. The standard InChI is InChI=1S/C21H20FN3O2/c1-12(8-13-11-25(2)19-7-6-14(22)9-17(13)19)24-21(27)16-5-3-4-15-18(16)10-23-20(15)26/h3-7,9,11-12H,8,10H2,1-2H3,(H,23,26)(H,24,27). The van der Waals surface area contributed by atoms with Gasteiger partial charge < -0.3 is 15.2 Å². The first kappa shape index (κ1) is 17.3. The molecule has 1 aliphatic heterocycles. The van der Waals surface area contributed by atoms with Crippen molar-refractivity contribution in [3.63, 3.8) is 0 Å². The number of carbonyl (C=O) groups excluding carboxylic acids is 2. The molecule has 2 aromatic carbocycles. The van der Waals surface area contributed by atoms with Gasteiger partial charge in [0, 0.05) is 47.9 Å². The van der Waals surface area contributed by atoms with Crippen LogP contribution in [-0.4, -0.2) is 22.4 Å². The van der Waals surface area contributed by atoms with E-state index >= 15 is 0 Å². The maximum Gasteiger partial charge on any atom is 0.251 e. The molecule has 3 aromatic rings. The van der Waals surface area contributed by atoms with Crippen LogP contribution in [0.2, 0.25) is 0 Å². The normalized spacial score (nSPS) is 14.1. The maximum absolute atomic E-state index is 13.6. The summed E-state index contributed by atoms with van der Waals surface area (Å²) in [5.41, 5.74) is 3.74. The third-order valence-corrected chi connectivity index (χ3v) is 5.03. The smallest absolute Gasteiger partial charge is 0.251 e. The summed E-state index contributed by atoms with van der Waals surface area (Å²) >= 11 is 0. The van der Waals surface area contributed by atoms with Gasteiger partial charge in [-0.05, 0) is 54.8 Å². The van der Waals surface area contributed by atoms with Crippen LogP contribution in [0.3, 0.4) is 0 Å². The number of amides is 2. The van der Waals surface area contributed by atoms with Crippen LogP contribution >= 0.6 is 0 Å². The fourth-order valence-corrected chi connectivity index (χ4v) is 3.76. The van der Waals surface area contributed by atoms with Crippen molar-refractivity contribution in [1.29, 1.82) is 0 Å². The topological polar surface area (TPSA) is 63.1 Å². The van der Waals surface area contributed by atoms with Gasteiger partial charge in [0.25, 0.3) is 11.8 Å². The number of hydrogen-bond acceptors (Lipinski definition) is 2. The SMILES string of the molecule is CC(Cc1cn(C)c2ccc(F)cc12)NC(=O)c1cccc2c1CNC2=O. The molecule has 0 saturated heterocycles. The first-order valence-corrected chi connectivity index (χ1v) is 8.88. The Kier molecular flexibility index (Phi) is 4.18. The lowest BCUT2D eigenvalue weighted by molar-refractivity contribution is 0.0937. The van der Waals surface area contributed by atoms with Crippen molar-refractivity contribution in [3.8, 4) is 0 Å². The van der Waals surface area contributed by atoms with Gasteiger partial charge in [-0.15, -0.1) is 0 Å². The van der Waals surface area contributed by atoms with Gasteiger partial charge in [0.1, 0.15) is 5.82 Å². The number of rotatable bonds is 4. The Bertz CT molecular complexity index is 1070. The predicted molar refractivity (Wildman–Crippen MR) is 101 cm³/mol. The molecular formula is C21H20FN3O2. The lowest BCUT2D eigenvalue weighted by Crippen LogP contribution is -2.34. The van der Waals surface area contributed by atoms with Gasteiger partial charge in [0.15, 0.2) is 0 Å². The van der Waals surface area contributed by atoms with E-state index in [1.807, 2.05) is 24.7 Å². The molecule has 1 aromatic heterocycles. The third-order valence-electron chi connectivity index (χ3n) is 5.03. The molecule has 0 radical (unpaired) electrons. The van der Waals surface area contributed by atoms with Gasteiger partial charge in [-0.25, -0.2) is 4.39 Å². The summed E-state index contributed by atoms with van der Waals surface area (Å²) in [4.78, 5) is 24.5. The monoisotopic (exact) mass is 365 g/mol. The van der Waals surface area contributed by atoms with Crippen LogP contribution in [0.5, 0.6) is 0 Å². The number of nitrogens with one attached hydrogen (secondary N) is 2. The van der Waals surface area contributed by atoms with Crippen molar-refractivity contribution < 1.29 is 14.0 Å². The van der Waals surface area contributed by atoms with Crippen LogP contribution in [0, 0.1) is 5.82 Å². The van der Waals surface area contributed by atoms with Crippen molar-refractivity contribution in [1.82, 2.24) is 15.2 Å². The van der Waals surface area contributed by atoms with E-state index in [2.05, 4.69) is 10.6 Å². The van der Waals surface area contributed by atoms with Crippen LogP contribution in [0.1, 0.15) is 38.8 Å². The van der Waals surface area contributed by atoms with Gasteiger partial charge in [-0.3, -0.25) is 9.59 Å². The summed E-state index contributed by atoms with van der Waals surface area (Å²) in [5, 5.41) is 6.60. The van der Waals surface area contributed by atoms with Gasteiger partial charge >= 0.3 is 0 Å². The van der Waals surface area contributed by atoms with Gasteiger partial charge in [-0.2, -0.15) is 0 Å². The first-order chi connectivity index (χ1) is 12.9. The van der Waals surface area contributed by atoms with Gasteiger partial charge in [0.05, 0.1) is 0 Å². The van der Waals surface area contributed by atoms with Crippen LogP contribution in [-0.2, 0) is 20.0 Å². The fraction of sp³-hybridized carbons (Fsp3) is 0.238. The molecule has 2 heterocycles. The van der Waals surface area contributed by atoms with Gasteiger partial charge in [0.2, 0.25) is 0 Å². The van der Waals surface area contributed by atoms with Crippen LogP contribution in [0.15, 0.2) is 42.6 Å². The summed E-state index contributed by atoms with van der Waals surface area (Å²) in [6.45, 7) is 2.29. The summed E-state index contributed by atoms with van der Waals surface area (Å²) in [5.74, 6) is -0.628. The number of aromatic nitrogens is 1. The number of carbonyl (C=O) groups is 2. The minimum atomic E-state index is -0.274. The van der Waals surface area contributed by atoms with Crippen molar-refractivity contribution in [2.24, 2.45) is 7.05 Å². The number of fused-ring (bicyclic) bond motifs is 2. The molecule has 0 saturated carbocycles. The number of halogens is 1. The molecule has 2 N–H and O–H groups in total. The molecule has 5 nitrogen and oxygen atoms in total. The van der Waals surface area contributed by atoms with E-state index in [-0.39, 0.29) is 23.7 Å². The molecule has 1 atom stereocenters. The summed E-state index contributed by atoms with van der Waals surface area (Å²) in [6, 6.07) is 9.76. The third kappa shape index (κ3) is 3.07. The maximum atomic E-state index is 13.6. The molecule has 1 unspecified atom stereocenters. The van der Waals surface area contributed by atoms with Crippen LogP contribution < -0.4 is 10.6 Å². The number of benzene rings is 2. The van der Waals surface area contributed by atoms with Crippen molar-refractivity contribution in [2.75, 3.05) is 0 Å². The molecule has 0 aliphatic carbocycles. The number of hydrogen-bond donors (Lipinski definition) is 2. The average molecular weight is 365 g/mol. The second kappa shape index (κ2) is 6.54. The molecule has 2 amide bonds. The zero-order valence-electron chi connectivity index (χ0n) is 15.2. The van der Waals surface area contributed by atoms with Crippen LogP contribution in [0.4, 0.5) is 4.39 Å². The van der Waals surface area contributed by atoms with E-state index < -0.39 is 0 Å². The average Bonchev–Trinajstić information content (AvgIpc) is 3.15. The fourth-order valence-electron chi connectivity index (χ4n) is 3.76. The van der Waals surface area contributed by atoms with E-state index in [0.717, 1.165) is 22.0 Å². The molecule has 27 heavy (non-hydrogen) atoms. The second-order valence-electron chi connectivity index (χ2n) is 7.02. The quantitative estimate of drug-likeness (QED) is 0.747. The first-order valence-electron chi connectivity index (χ1n) is 8.88. The lowest BCUT2D eigenvalue weighted by atomic mass is 10.0. The highest BCUT2D eigenvalue weighted by Crippen LogP contribution is 2.24. The molecule has 1 aliphatic rings. The minimum Gasteiger partial charge on any atom is -0.350 e. The summed E-state index contributed by atoms with van der Waals surface area (Å²) in [7, 11) is 1.92. The second-order valence-corrected chi connectivity index (χ2v) is 7.02. The van der Waals surface area contributed by atoms with Crippen molar-refractivity contribution in [3.05, 3.63) is 70.7 Å². The molecule has 6 heteroatoms. The molecule has 4 rings (SSSR count). The Balaban J connectivity index is 1.54. The Morgan fingerprint density at radius 2 is 2.15 bits per heavy atom. The predicted octanol–water partition coefficient (Wildman–Crippen LogP) is 2.92. The van der Waals surface area contributed by atoms with E-state index in [0.29, 0.717) is 24.1 Å². The van der Waals surface area contributed by atoms with E-state index in [1.54, 1.807) is 24.3 Å². The Morgan fingerprint density at radius 1 is 1.33 bits per heavy atom. The van der Waals surface area contributed by atoms with E-state index in [9.17, 15) is 14.0 Å². The van der Waals surface area contributed by atoms with E-state index in [1.165, 1.54) is 12.1 Å². The van der Waals surface area contributed by atoms with Crippen LogP contribution in [0.25, 0.3) is 10.9 Å².